The molecule has 4 aromatic rings. The first-order chi connectivity index (χ1) is 16.2. The second kappa shape index (κ2) is 8.92. The van der Waals surface area contributed by atoms with Gasteiger partial charge in [-0.05, 0) is 49.7 Å². The Hall–Kier alpha value is -4.29. The van der Waals surface area contributed by atoms with Crippen molar-refractivity contribution in [3.8, 4) is 6.07 Å². The van der Waals surface area contributed by atoms with E-state index >= 15 is 0 Å². The van der Waals surface area contributed by atoms with E-state index in [1.54, 1.807) is 30.7 Å². The maximum absolute atomic E-state index is 14.5. The highest BCUT2D eigenvalue weighted by molar-refractivity contribution is 6.31. The minimum Gasteiger partial charge on any atom is -0.364 e. The quantitative estimate of drug-likeness (QED) is 0.448. The predicted molar refractivity (Wildman–Crippen MR) is 125 cm³/mol. The number of pyridine rings is 1. The Labute approximate surface area is 198 Å². The van der Waals surface area contributed by atoms with Gasteiger partial charge in [0.05, 0.1) is 40.8 Å². The first-order valence-corrected chi connectivity index (χ1v) is 10.5. The average molecular weight is 477 g/mol. The van der Waals surface area contributed by atoms with E-state index in [9.17, 15) is 14.0 Å². The van der Waals surface area contributed by atoms with Gasteiger partial charge >= 0.3 is 0 Å². The van der Waals surface area contributed by atoms with Crippen LogP contribution in [0.25, 0.3) is 10.9 Å². The SMILES string of the molecule is Cc1nn(Cc2ccc(C#N)cc2)c(C)c1NC(=O)c1cc(C(N)=O)nc2c(F)cc(Cl)cc12. The van der Waals surface area contributed by atoms with Gasteiger partial charge in [0, 0.05) is 10.4 Å². The molecule has 0 unspecified atom stereocenters. The molecule has 0 saturated heterocycles. The van der Waals surface area contributed by atoms with Gasteiger partial charge < -0.3 is 11.1 Å². The monoisotopic (exact) mass is 476 g/mol. The van der Waals surface area contributed by atoms with Gasteiger partial charge in [0.2, 0.25) is 0 Å². The number of aryl methyl sites for hydroxylation is 1. The van der Waals surface area contributed by atoms with Crippen LogP contribution in [0.2, 0.25) is 5.02 Å². The summed E-state index contributed by atoms with van der Waals surface area (Å²) < 4.78 is 16.2. The van der Waals surface area contributed by atoms with E-state index in [-0.39, 0.29) is 27.2 Å². The zero-order valence-electron chi connectivity index (χ0n) is 18.2. The molecule has 34 heavy (non-hydrogen) atoms. The van der Waals surface area contributed by atoms with Gasteiger partial charge in [-0.3, -0.25) is 14.3 Å². The first kappa shape index (κ1) is 22.9. The van der Waals surface area contributed by atoms with Crippen molar-refractivity contribution in [2.45, 2.75) is 20.4 Å². The summed E-state index contributed by atoms with van der Waals surface area (Å²) in [7, 11) is 0. The highest BCUT2D eigenvalue weighted by Gasteiger charge is 2.21. The Morgan fingerprint density at radius 3 is 2.56 bits per heavy atom. The number of nitrogens with zero attached hydrogens (tertiary/aromatic N) is 4. The van der Waals surface area contributed by atoms with Gasteiger partial charge in [0.1, 0.15) is 11.2 Å². The van der Waals surface area contributed by atoms with Crippen molar-refractivity contribution in [1.82, 2.24) is 14.8 Å². The number of rotatable bonds is 5. The standard InChI is InChI=1S/C24H18ClFN6O2/c1-12-21(13(2)32(31-12)11-15-5-3-14(10-27)4-6-15)30-24(34)18-9-20(23(28)33)29-22-17(18)7-16(25)8-19(22)26/h3-9H,11H2,1-2H3,(H2,28,33)(H,30,34). The Morgan fingerprint density at radius 2 is 1.91 bits per heavy atom. The lowest BCUT2D eigenvalue weighted by atomic mass is 10.1. The van der Waals surface area contributed by atoms with E-state index in [4.69, 9.17) is 22.6 Å². The van der Waals surface area contributed by atoms with Crippen molar-refractivity contribution < 1.29 is 14.0 Å². The summed E-state index contributed by atoms with van der Waals surface area (Å²) in [6.45, 7) is 3.97. The van der Waals surface area contributed by atoms with Crippen LogP contribution in [0.3, 0.4) is 0 Å². The lowest BCUT2D eigenvalue weighted by Gasteiger charge is -2.11. The van der Waals surface area contributed by atoms with Gasteiger partial charge in [0.15, 0.2) is 5.82 Å². The Bertz CT molecular complexity index is 1510. The molecule has 0 bridgehead atoms. The molecule has 0 saturated carbocycles. The van der Waals surface area contributed by atoms with Crippen LogP contribution in [-0.2, 0) is 6.54 Å². The van der Waals surface area contributed by atoms with Crippen molar-refractivity contribution in [1.29, 1.82) is 5.26 Å². The second-order valence-corrected chi connectivity index (χ2v) is 8.11. The molecule has 0 fully saturated rings. The summed E-state index contributed by atoms with van der Waals surface area (Å²) in [6, 6.07) is 12.8. The Kier molecular flexibility index (Phi) is 6.01. The number of amides is 2. The number of fused-ring (bicyclic) bond motifs is 1. The number of primary amides is 1. The fourth-order valence-corrected chi connectivity index (χ4v) is 3.84. The molecule has 2 amide bonds. The van der Waals surface area contributed by atoms with Gasteiger partial charge in [0.25, 0.3) is 11.8 Å². The van der Waals surface area contributed by atoms with Crippen LogP contribution < -0.4 is 11.1 Å². The molecule has 8 nitrogen and oxygen atoms in total. The van der Waals surface area contributed by atoms with E-state index in [1.165, 1.54) is 12.1 Å². The van der Waals surface area contributed by atoms with E-state index in [2.05, 4.69) is 21.5 Å². The van der Waals surface area contributed by atoms with Crippen LogP contribution in [0.15, 0.2) is 42.5 Å². The average Bonchev–Trinajstić information content (AvgIpc) is 3.06. The minimum atomic E-state index is -0.895. The van der Waals surface area contributed by atoms with Crippen LogP contribution in [0, 0.1) is 31.0 Å². The number of nitrogens with one attached hydrogen (secondary N) is 1. The number of halogens is 2. The highest BCUT2D eigenvalue weighted by atomic mass is 35.5. The van der Waals surface area contributed by atoms with Gasteiger partial charge in [-0.25, -0.2) is 9.37 Å². The predicted octanol–water partition coefficient (Wildman–Crippen LogP) is 4.11. The molecule has 2 aromatic carbocycles. The topological polar surface area (TPSA) is 127 Å². The van der Waals surface area contributed by atoms with Gasteiger partial charge in [-0.2, -0.15) is 10.4 Å². The Balaban J connectivity index is 1.70. The number of nitrogens with two attached hydrogens (primary N) is 1. The number of carbonyl (C=O) groups is 2. The lowest BCUT2D eigenvalue weighted by Crippen LogP contribution is -2.18. The van der Waals surface area contributed by atoms with E-state index < -0.39 is 17.6 Å². The van der Waals surface area contributed by atoms with Crippen LogP contribution in [-0.4, -0.2) is 26.6 Å². The summed E-state index contributed by atoms with van der Waals surface area (Å²) >= 11 is 5.99. The molecule has 0 atom stereocenters. The molecule has 170 valence electrons. The molecule has 0 spiro atoms. The Morgan fingerprint density at radius 1 is 1.21 bits per heavy atom. The molecule has 0 radical (unpaired) electrons. The van der Waals surface area contributed by atoms with Crippen LogP contribution in [0.1, 0.15) is 43.4 Å². The molecule has 10 heteroatoms. The third-order valence-electron chi connectivity index (χ3n) is 5.36. The minimum absolute atomic E-state index is 0.00107. The summed E-state index contributed by atoms with van der Waals surface area (Å²) in [5, 5.41) is 16.5. The third-order valence-corrected chi connectivity index (χ3v) is 5.58. The largest absolute Gasteiger partial charge is 0.364 e. The number of hydrogen-bond acceptors (Lipinski definition) is 5. The number of nitriles is 1. The van der Waals surface area contributed by atoms with Crippen molar-refractivity contribution in [2.75, 3.05) is 5.32 Å². The molecule has 4 rings (SSSR count). The normalized spacial score (nSPS) is 10.8. The number of carbonyl (C=O) groups excluding carboxylic acids is 2. The van der Waals surface area contributed by atoms with Gasteiger partial charge in [-0.15, -0.1) is 0 Å². The van der Waals surface area contributed by atoms with Crippen LogP contribution >= 0.6 is 11.6 Å². The van der Waals surface area contributed by atoms with E-state index in [0.29, 0.717) is 29.2 Å². The summed E-state index contributed by atoms with van der Waals surface area (Å²) in [6.07, 6.45) is 0. The number of hydrogen-bond donors (Lipinski definition) is 2. The number of benzene rings is 2. The third kappa shape index (κ3) is 4.31. The lowest BCUT2D eigenvalue weighted by molar-refractivity contribution is 0.0996. The molecule has 2 aromatic heterocycles. The van der Waals surface area contributed by atoms with Crippen LogP contribution in [0.5, 0.6) is 0 Å². The second-order valence-electron chi connectivity index (χ2n) is 7.67. The number of anilines is 1. The zero-order chi connectivity index (χ0) is 24.6. The van der Waals surface area contributed by atoms with Crippen molar-refractivity contribution in [3.05, 3.63) is 87.1 Å². The molecule has 0 aliphatic carbocycles. The van der Waals surface area contributed by atoms with Crippen molar-refractivity contribution in [2.24, 2.45) is 5.73 Å². The van der Waals surface area contributed by atoms with Crippen molar-refractivity contribution >= 4 is 40.0 Å². The smallest absolute Gasteiger partial charge is 0.267 e. The number of aromatic nitrogens is 3. The molecule has 0 aliphatic heterocycles. The molecule has 2 heterocycles. The highest BCUT2D eigenvalue weighted by Crippen LogP contribution is 2.27. The van der Waals surface area contributed by atoms with Crippen molar-refractivity contribution in [3.63, 3.8) is 0 Å². The van der Waals surface area contributed by atoms with Gasteiger partial charge in [-0.1, -0.05) is 23.7 Å². The molecule has 0 aliphatic rings. The summed E-state index contributed by atoms with van der Waals surface area (Å²) in [5.41, 5.74) is 8.12. The maximum Gasteiger partial charge on any atom is 0.267 e. The summed E-state index contributed by atoms with van der Waals surface area (Å²) in [5.74, 6) is -2.27. The maximum atomic E-state index is 14.5. The molecule has 3 N–H and O–H groups in total. The fourth-order valence-electron chi connectivity index (χ4n) is 3.64. The van der Waals surface area contributed by atoms with E-state index in [1.807, 2.05) is 12.1 Å². The zero-order valence-corrected chi connectivity index (χ0v) is 18.9. The van der Waals surface area contributed by atoms with E-state index in [0.717, 1.165) is 11.6 Å². The fraction of sp³-hybridized carbons (Fsp3) is 0.125. The molecular formula is C24H18ClFN6O2. The first-order valence-electron chi connectivity index (χ1n) is 10.1. The molecular weight excluding hydrogens is 459 g/mol. The van der Waals surface area contributed by atoms with Crippen LogP contribution in [0.4, 0.5) is 10.1 Å². The summed E-state index contributed by atoms with van der Waals surface area (Å²) in [4.78, 5) is 28.9.